The molecule has 5 heteroatoms. The number of benzene rings is 1. The minimum atomic E-state index is -0.650. The summed E-state index contributed by atoms with van der Waals surface area (Å²) in [4.78, 5) is 12.5. The van der Waals surface area contributed by atoms with Gasteiger partial charge in [0.25, 0.3) is 0 Å². The summed E-state index contributed by atoms with van der Waals surface area (Å²) in [5.41, 5.74) is 0.315. The highest BCUT2D eigenvalue weighted by molar-refractivity contribution is 5.82. The zero-order chi connectivity index (χ0) is 14.7. The van der Waals surface area contributed by atoms with E-state index in [9.17, 15) is 4.79 Å². The Kier molecular flexibility index (Phi) is 3.73. The van der Waals surface area contributed by atoms with E-state index in [1.807, 2.05) is 41.8 Å². The van der Waals surface area contributed by atoms with E-state index >= 15 is 0 Å². The smallest absolute Gasteiger partial charge is 0.319 e. The summed E-state index contributed by atoms with van der Waals surface area (Å²) >= 11 is 0. The van der Waals surface area contributed by atoms with Crippen LogP contribution in [0.4, 0.5) is 0 Å². The molecule has 0 aliphatic heterocycles. The van der Waals surface area contributed by atoms with E-state index in [1.165, 1.54) is 0 Å². The van der Waals surface area contributed by atoms with Gasteiger partial charge in [0, 0.05) is 5.69 Å². The van der Waals surface area contributed by atoms with Gasteiger partial charge in [-0.3, -0.25) is 9.36 Å². The van der Waals surface area contributed by atoms with Crippen molar-refractivity contribution >= 4 is 5.97 Å². The van der Waals surface area contributed by atoms with Gasteiger partial charge in [0.15, 0.2) is 5.82 Å². The van der Waals surface area contributed by atoms with Gasteiger partial charge in [-0.15, -0.1) is 10.2 Å². The standard InChI is InChI=1S/C16H19N3O2/c1-2-21-15(20)16(10-6-7-11-16)14-18-17-12-19(14)13-8-4-3-5-9-13/h3-5,8-9,12H,2,6-7,10-11H2,1H3. The van der Waals surface area contributed by atoms with Crippen LogP contribution in [0.25, 0.3) is 5.69 Å². The van der Waals surface area contributed by atoms with E-state index in [0.717, 1.165) is 31.4 Å². The van der Waals surface area contributed by atoms with E-state index in [1.54, 1.807) is 6.33 Å². The Hall–Kier alpha value is -2.17. The number of rotatable bonds is 4. The number of carbonyl (C=O) groups is 1. The Balaban J connectivity index is 2.06. The molecule has 0 atom stereocenters. The maximum Gasteiger partial charge on any atom is 0.319 e. The van der Waals surface area contributed by atoms with Crippen LogP contribution in [0.2, 0.25) is 0 Å². The first kappa shape index (κ1) is 13.8. The Labute approximate surface area is 124 Å². The summed E-state index contributed by atoms with van der Waals surface area (Å²) in [6.07, 6.45) is 5.25. The van der Waals surface area contributed by atoms with Gasteiger partial charge in [0.1, 0.15) is 11.7 Å². The lowest BCUT2D eigenvalue weighted by molar-refractivity contribution is -0.150. The fraction of sp³-hybridized carbons (Fsp3) is 0.438. The minimum Gasteiger partial charge on any atom is -0.465 e. The van der Waals surface area contributed by atoms with Crippen molar-refractivity contribution in [3.05, 3.63) is 42.5 Å². The molecule has 2 aromatic rings. The van der Waals surface area contributed by atoms with Gasteiger partial charge in [-0.25, -0.2) is 0 Å². The van der Waals surface area contributed by atoms with Crippen LogP contribution >= 0.6 is 0 Å². The largest absolute Gasteiger partial charge is 0.465 e. The van der Waals surface area contributed by atoms with Crippen LogP contribution in [-0.4, -0.2) is 27.3 Å². The van der Waals surface area contributed by atoms with Crippen LogP contribution in [0.3, 0.4) is 0 Å². The highest BCUT2D eigenvalue weighted by Gasteiger charge is 2.48. The molecule has 1 heterocycles. The summed E-state index contributed by atoms with van der Waals surface area (Å²) in [6, 6.07) is 9.86. The molecule has 0 spiro atoms. The molecule has 1 saturated carbocycles. The maximum atomic E-state index is 12.5. The molecule has 110 valence electrons. The lowest BCUT2D eigenvalue weighted by Crippen LogP contribution is -2.37. The van der Waals surface area contributed by atoms with Crippen LogP contribution in [0.15, 0.2) is 36.7 Å². The van der Waals surface area contributed by atoms with Gasteiger partial charge in [-0.1, -0.05) is 31.0 Å². The molecule has 0 bridgehead atoms. The van der Waals surface area contributed by atoms with Crippen molar-refractivity contribution in [3.63, 3.8) is 0 Å². The zero-order valence-corrected chi connectivity index (χ0v) is 12.2. The number of aromatic nitrogens is 3. The number of nitrogens with zero attached hydrogens (tertiary/aromatic N) is 3. The highest BCUT2D eigenvalue weighted by atomic mass is 16.5. The fourth-order valence-electron chi connectivity index (χ4n) is 3.11. The summed E-state index contributed by atoms with van der Waals surface area (Å²) in [7, 11) is 0. The van der Waals surface area contributed by atoms with Crippen molar-refractivity contribution < 1.29 is 9.53 Å². The minimum absolute atomic E-state index is 0.173. The number of ether oxygens (including phenoxy) is 1. The Morgan fingerprint density at radius 2 is 2.00 bits per heavy atom. The molecule has 0 unspecified atom stereocenters. The second-order valence-electron chi connectivity index (χ2n) is 5.37. The summed E-state index contributed by atoms with van der Waals surface area (Å²) in [5.74, 6) is 0.525. The SMILES string of the molecule is CCOC(=O)C1(c2nncn2-c2ccccc2)CCCC1. The second-order valence-corrected chi connectivity index (χ2v) is 5.37. The third-order valence-electron chi connectivity index (χ3n) is 4.13. The van der Waals surface area contributed by atoms with Gasteiger partial charge in [0.05, 0.1) is 6.61 Å². The molecule has 0 radical (unpaired) electrons. The number of carbonyl (C=O) groups excluding carboxylic acids is 1. The van der Waals surface area contributed by atoms with E-state index < -0.39 is 5.41 Å². The monoisotopic (exact) mass is 285 g/mol. The predicted octanol–water partition coefficient (Wildman–Crippen LogP) is 2.64. The van der Waals surface area contributed by atoms with Crippen LogP contribution in [0, 0.1) is 0 Å². The molecule has 5 nitrogen and oxygen atoms in total. The Morgan fingerprint density at radius 1 is 1.29 bits per heavy atom. The first-order valence-electron chi connectivity index (χ1n) is 7.41. The summed E-state index contributed by atoms with van der Waals surface area (Å²) in [5, 5.41) is 8.30. The maximum absolute atomic E-state index is 12.5. The quantitative estimate of drug-likeness (QED) is 0.810. The summed E-state index contributed by atoms with van der Waals surface area (Å²) in [6.45, 7) is 2.22. The van der Waals surface area contributed by atoms with Gasteiger partial charge < -0.3 is 4.74 Å². The first-order valence-corrected chi connectivity index (χ1v) is 7.41. The van der Waals surface area contributed by atoms with E-state index in [2.05, 4.69) is 10.2 Å². The molecule has 1 aromatic carbocycles. The third kappa shape index (κ3) is 2.33. The van der Waals surface area contributed by atoms with Crippen LogP contribution < -0.4 is 0 Å². The van der Waals surface area contributed by atoms with Crippen molar-refractivity contribution in [3.8, 4) is 5.69 Å². The summed E-state index contributed by atoms with van der Waals surface area (Å²) < 4.78 is 7.23. The second kappa shape index (κ2) is 5.68. The molecule has 1 fully saturated rings. The highest BCUT2D eigenvalue weighted by Crippen LogP contribution is 2.41. The third-order valence-corrected chi connectivity index (χ3v) is 4.13. The fourth-order valence-corrected chi connectivity index (χ4v) is 3.11. The lowest BCUT2D eigenvalue weighted by Gasteiger charge is -2.25. The molecule has 0 amide bonds. The lowest BCUT2D eigenvalue weighted by atomic mass is 9.85. The van der Waals surface area contributed by atoms with E-state index in [4.69, 9.17) is 4.74 Å². The number of para-hydroxylation sites is 1. The Morgan fingerprint density at radius 3 is 2.67 bits per heavy atom. The van der Waals surface area contributed by atoms with E-state index in [0.29, 0.717) is 12.4 Å². The van der Waals surface area contributed by atoms with Crippen molar-refractivity contribution in [2.75, 3.05) is 6.61 Å². The van der Waals surface area contributed by atoms with Gasteiger partial charge in [-0.05, 0) is 31.9 Å². The first-order chi connectivity index (χ1) is 10.3. The average Bonchev–Trinajstić information content (AvgIpc) is 3.18. The van der Waals surface area contributed by atoms with Crippen molar-refractivity contribution in [1.29, 1.82) is 0 Å². The zero-order valence-electron chi connectivity index (χ0n) is 12.2. The van der Waals surface area contributed by atoms with Gasteiger partial charge in [0.2, 0.25) is 0 Å². The molecule has 1 aromatic heterocycles. The average molecular weight is 285 g/mol. The van der Waals surface area contributed by atoms with Crippen molar-refractivity contribution in [2.24, 2.45) is 0 Å². The van der Waals surface area contributed by atoms with Crippen LogP contribution in [0.5, 0.6) is 0 Å². The predicted molar refractivity (Wildman–Crippen MR) is 78.1 cm³/mol. The number of hydrogen-bond acceptors (Lipinski definition) is 4. The van der Waals surface area contributed by atoms with Gasteiger partial charge >= 0.3 is 5.97 Å². The molecule has 1 aliphatic carbocycles. The molecule has 0 N–H and O–H groups in total. The Bertz CT molecular complexity index is 615. The van der Waals surface area contributed by atoms with E-state index in [-0.39, 0.29) is 5.97 Å². The molecule has 3 rings (SSSR count). The van der Waals surface area contributed by atoms with Crippen LogP contribution in [-0.2, 0) is 14.9 Å². The topological polar surface area (TPSA) is 57.0 Å². The molecular formula is C16H19N3O2. The molecule has 21 heavy (non-hydrogen) atoms. The van der Waals surface area contributed by atoms with Crippen LogP contribution in [0.1, 0.15) is 38.4 Å². The molecular weight excluding hydrogens is 266 g/mol. The number of hydrogen-bond donors (Lipinski definition) is 0. The van der Waals surface area contributed by atoms with Gasteiger partial charge in [-0.2, -0.15) is 0 Å². The normalized spacial score (nSPS) is 16.8. The molecule has 0 saturated heterocycles. The van der Waals surface area contributed by atoms with Crippen molar-refractivity contribution in [2.45, 2.75) is 38.0 Å². The number of esters is 1. The van der Waals surface area contributed by atoms with Crippen molar-refractivity contribution in [1.82, 2.24) is 14.8 Å². The molecule has 1 aliphatic rings.